The molecule has 1 aromatic carbocycles. The molecule has 0 N–H and O–H groups in total. The maximum absolute atomic E-state index is 12.2. The van der Waals surface area contributed by atoms with Crippen LogP contribution in [-0.2, 0) is 9.53 Å². The Hall–Kier alpha value is -0.900. The number of rotatable bonds is 6. The Balaban J connectivity index is 1.49. The van der Waals surface area contributed by atoms with Gasteiger partial charge in [0.25, 0.3) is 0 Å². The van der Waals surface area contributed by atoms with Gasteiger partial charge in [0.2, 0.25) is 0 Å². The van der Waals surface area contributed by atoms with Gasteiger partial charge in [-0.2, -0.15) is 0 Å². The molecule has 0 unspecified atom stereocenters. The topological polar surface area (TPSA) is 35.5 Å². The maximum Gasteiger partial charge on any atom is 0.347 e. The molecular formula is C20H23Cl3O3. The predicted molar refractivity (Wildman–Crippen MR) is 105 cm³/mol. The highest BCUT2D eigenvalue weighted by molar-refractivity contribution is 6.43. The summed E-state index contributed by atoms with van der Waals surface area (Å²) in [6.45, 7) is 6.66. The van der Waals surface area contributed by atoms with E-state index in [9.17, 15) is 4.79 Å². The summed E-state index contributed by atoms with van der Waals surface area (Å²) < 4.78 is 11.0. The van der Waals surface area contributed by atoms with Crippen LogP contribution in [-0.4, -0.2) is 18.7 Å². The quantitative estimate of drug-likeness (QED) is 0.308. The Morgan fingerprint density at radius 3 is 2.58 bits per heavy atom. The SMILES string of the molecule is C[C@H](Oc1cc(Cl)c(Cl)cc1Cl)C(=O)OCCC1=CC[C@H]2C[C@@H]1C2(C)C. The molecule has 4 rings (SSSR count). The number of esters is 1. The van der Waals surface area contributed by atoms with Gasteiger partial charge in [-0.1, -0.05) is 60.3 Å². The molecule has 1 saturated carbocycles. The molecule has 0 spiro atoms. The summed E-state index contributed by atoms with van der Waals surface area (Å²) in [6, 6.07) is 2.99. The highest BCUT2D eigenvalue weighted by Crippen LogP contribution is 2.59. The molecule has 1 aromatic rings. The third-order valence-corrected chi connectivity index (χ3v) is 6.85. The minimum Gasteiger partial charge on any atom is -0.477 e. The van der Waals surface area contributed by atoms with Crippen molar-refractivity contribution >= 4 is 40.8 Å². The molecule has 1 fully saturated rings. The number of hydrogen-bond acceptors (Lipinski definition) is 3. The Labute approximate surface area is 169 Å². The lowest BCUT2D eigenvalue weighted by Crippen LogP contribution is -2.48. The Bertz CT molecular complexity index is 742. The third kappa shape index (κ3) is 3.85. The number of hydrogen-bond donors (Lipinski definition) is 0. The van der Waals surface area contributed by atoms with Crippen molar-refractivity contribution in [3.05, 3.63) is 38.8 Å². The van der Waals surface area contributed by atoms with Crippen molar-refractivity contribution in [1.82, 2.24) is 0 Å². The van der Waals surface area contributed by atoms with Gasteiger partial charge in [-0.3, -0.25) is 0 Å². The summed E-state index contributed by atoms with van der Waals surface area (Å²) in [5.41, 5.74) is 1.81. The van der Waals surface area contributed by atoms with Crippen LogP contribution < -0.4 is 4.74 Å². The van der Waals surface area contributed by atoms with E-state index in [1.54, 1.807) is 6.92 Å². The van der Waals surface area contributed by atoms with Crippen molar-refractivity contribution in [3.63, 3.8) is 0 Å². The second-order valence-corrected chi connectivity index (χ2v) is 8.92. The first-order chi connectivity index (χ1) is 12.2. The molecule has 3 nitrogen and oxygen atoms in total. The van der Waals surface area contributed by atoms with E-state index in [0.717, 1.165) is 18.8 Å². The van der Waals surface area contributed by atoms with Crippen LogP contribution >= 0.6 is 34.8 Å². The molecule has 26 heavy (non-hydrogen) atoms. The van der Waals surface area contributed by atoms with Gasteiger partial charge in [-0.05, 0) is 43.1 Å². The van der Waals surface area contributed by atoms with Crippen molar-refractivity contribution in [2.45, 2.75) is 46.1 Å². The standard InChI is InChI=1S/C20H23Cl3O3/c1-11(26-18-10-16(22)15(21)9-17(18)23)19(24)25-7-6-12-4-5-13-8-14(12)20(13,2)3/h4,9-11,13-14H,5-8H2,1-3H3/t11-,13-,14-/m0/s1. The van der Waals surface area contributed by atoms with Gasteiger partial charge in [0.05, 0.1) is 21.7 Å². The fourth-order valence-electron chi connectivity index (χ4n) is 3.98. The maximum atomic E-state index is 12.2. The normalized spacial score (nSPS) is 24.3. The van der Waals surface area contributed by atoms with Gasteiger partial charge < -0.3 is 9.47 Å². The van der Waals surface area contributed by atoms with E-state index >= 15 is 0 Å². The van der Waals surface area contributed by atoms with Gasteiger partial charge in [-0.15, -0.1) is 0 Å². The summed E-state index contributed by atoms with van der Waals surface area (Å²) in [6.07, 6.45) is 4.74. The molecule has 3 atom stereocenters. The lowest BCUT2D eigenvalue weighted by atomic mass is 9.48. The number of allylic oxidation sites excluding steroid dienone is 1. The molecule has 0 radical (unpaired) electrons. The average Bonchev–Trinajstić information content (AvgIpc) is 2.59. The summed E-state index contributed by atoms with van der Waals surface area (Å²) in [5, 5.41) is 0.951. The van der Waals surface area contributed by atoms with E-state index < -0.39 is 12.1 Å². The van der Waals surface area contributed by atoms with Crippen LogP contribution in [0.5, 0.6) is 5.75 Å². The summed E-state index contributed by atoms with van der Waals surface area (Å²) in [5.74, 6) is 1.32. The van der Waals surface area contributed by atoms with Gasteiger partial charge >= 0.3 is 5.97 Å². The Kier molecular flexibility index (Phi) is 5.81. The van der Waals surface area contributed by atoms with E-state index in [0.29, 0.717) is 38.8 Å². The Morgan fingerprint density at radius 2 is 1.92 bits per heavy atom. The lowest BCUT2D eigenvalue weighted by Gasteiger charge is -2.56. The fraction of sp³-hybridized carbons (Fsp3) is 0.550. The zero-order chi connectivity index (χ0) is 19.1. The van der Waals surface area contributed by atoms with E-state index in [1.165, 1.54) is 24.1 Å². The van der Waals surface area contributed by atoms with E-state index in [4.69, 9.17) is 44.3 Å². The monoisotopic (exact) mass is 416 g/mol. The number of carbonyl (C=O) groups excluding carboxylic acids is 1. The zero-order valence-electron chi connectivity index (χ0n) is 15.2. The molecular weight excluding hydrogens is 395 g/mol. The van der Waals surface area contributed by atoms with Gasteiger partial charge in [-0.25, -0.2) is 4.79 Å². The number of carbonyl (C=O) groups is 1. The average molecular weight is 418 g/mol. The van der Waals surface area contributed by atoms with E-state index in [-0.39, 0.29) is 0 Å². The van der Waals surface area contributed by atoms with Gasteiger partial charge in [0.1, 0.15) is 5.75 Å². The second-order valence-electron chi connectivity index (χ2n) is 7.70. The molecule has 0 aliphatic heterocycles. The van der Waals surface area contributed by atoms with E-state index in [2.05, 4.69) is 19.9 Å². The summed E-state index contributed by atoms with van der Waals surface area (Å²) >= 11 is 17.9. The van der Waals surface area contributed by atoms with Crippen molar-refractivity contribution in [1.29, 1.82) is 0 Å². The lowest BCUT2D eigenvalue weighted by molar-refractivity contribution is -0.151. The third-order valence-electron chi connectivity index (χ3n) is 5.83. The summed E-state index contributed by atoms with van der Waals surface area (Å²) in [7, 11) is 0. The van der Waals surface area contributed by atoms with E-state index in [1.807, 2.05) is 0 Å². The number of halogens is 3. The van der Waals surface area contributed by atoms with Crippen LogP contribution in [0.25, 0.3) is 0 Å². The molecule has 0 saturated heterocycles. The molecule has 6 heteroatoms. The fourth-order valence-corrected chi connectivity index (χ4v) is 4.56. The number of benzene rings is 1. The molecule has 142 valence electrons. The van der Waals surface area contributed by atoms with Crippen LogP contribution in [0, 0.1) is 17.3 Å². The van der Waals surface area contributed by atoms with Crippen molar-refractivity contribution in [2.24, 2.45) is 17.3 Å². The molecule has 3 aliphatic rings. The smallest absolute Gasteiger partial charge is 0.347 e. The van der Waals surface area contributed by atoms with Gasteiger partial charge in [0, 0.05) is 12.5 Å². The predicted octanol–water partition coefficient (Wildman–Crippen LogP) is 6.34. The first-order valence-corrected chi connectivity index (χ1v) is 10.00. The van der Waals surface area contributed by atoms with Crippen LogP contribution in [0.2, 0.25) is 15.1 Å². The van der Waals surface area contributed by atoms with Crippen LogP contribution in [0.15, 0.2) is 23.8 Å². The largest absolute Gasteiger partial charge is 0.477 e. The number of ether oxygens (including phenoxy) is 2. The number of fused-ring (bicyclic) bond motifs is 1. The van der Waals surface area contributed by atoms with Crippen LogP contribution in [0.1, 0.15) is 40.0 Å². The molecule has 3 aliphatic carbocycles. The molecule has 0 amide bonds. The van der Waals surface area contributed by atoms with Gasteiger partial charge in [0.15, 0.2) is 6.10 Å². The highest BCUT2D eigenvalue weighted by atomic mass is 35.5. The van der Waals surface area contributed by atoms with Crippen molar-refractivity contribution < 1.29 is 14.3 Å². The van der Waals surface area contributed by atoms with Crippen molar-refractivity contribution in [2.75, 3.05) is 6.61 Å². The highest BCUT2D eigenvalue weighted by Gasteiger charge is 2.50. The first-order valence-electron chi connectivity index (χ1n) is 8.87. The van der Waals surface area contributed by atoms with Crippen LogP contribution in [0.4, 0.5) is 0 Å². The molecule has 2 bridgehead atoms. The zero-order valence-corrected chi connectivity index (χ0v) is 17.4. The second kappa shape index (κ2) is 7.61. The Morgan fingerprint density at radius 1 is 1.23 bits per heavy atom. The first kappa shape index (κ1) is 19.9. The minimum atomic E-state index is -0.783. The molecule has 0 heterocycles. The minimum absolute atomic E-state index is 0.299. The molecule has 0 aromatic heterocycles. The van der Waals surface area contributed by atoms with Crippen molar-refractivity contribution in [3.8, 4) is 5.75 Å². The van der Waals surface area contributed by atoms with Crippen LogP contribution in [0.3, 0.4) is 0 Å². The summed E-state index contributed by atoms with van der Waals surface area (Å²) in [4.78, 5) is 12.2.